The van der Waals surface area contributed by atoms with Crippen LogP contribution in [0.15, 0.2) is 46.6 Å². The quantitative estimate of drug-likeness (QED) is 0.645. The number of rotatable bonds is 5. The molecule has 2 aromatic rings. The minimum absolute atomic E-state index is 0.236. The van der Waals surface area contributed by atoms with Gasteiger partial charge in [-0.1, -0.05) is 6.07 Å². The zero-order valence-electron chi connectivity index (χ0n) is 14.5. The molecular weight excluding hydrogens is 316 g/mol. The summed E-state index contributed by atoms with van der Waals surface area (Å²) in [5.74, 6) is 0.0490. The van der Waals surface area contributed by atoms with E-state index in [-0.39, 0.29) is 5.57 Å². The smallest absolute Gasteiger partial charge is 0.252 e. The molecule has 6 heteroatoms. The SMILES string of the molecule is C/N=C(\C(C(N)=O)=C(/C)N)c1ccc2nc(OC3CCC3)ccc2c1. The van der Waals surface area contributed by atoms with Gasteiger partial charge in [-0.05, 0) is 44.4 Å². The molecule has 0 atom stereocenters. The number of aliphatic imine (C=N–C) groups is 1. The molecule has 1 amide bonds. The molecule has 1 heterocycles. The first-order valence-electron chi connectivity index (χ1n) is 8.30. The molecule has 0 radical (unpaired) electrons. The normalized spacial score (nSPS) is 16.3. The second-order valence-electron chi connectivity index (χ2n) is 6.22. The first-order valence-corrected chi connectivity index (χ1v) is 8.30. The van der Waals surface area contributed by atoms with Crippen LogP contribution in [0.4, 0.5) is 0 Å². The van der Waals surface area contributed by atoms with Gasteiger partial charge >= 0.3 is 0 Å². The van der Waals surface area contributed by atoms with Crippen LogP contribution in [0.25, 0.3) is 10.9 Å². The maximum atomic E-state index is 11.7. The topological polar surface area (TPSA) is 104 Å². The number of hydrogen-bond acceptors (Lipinski definition) is 5. The van der Waals surface area contributed by atoms with Crippen molar-refractivity contribution in [3.8, 4) is 5.88 Å². The number of carbonyl (C=O) groups is 1. The van der Waals surface area contributed by atoms with Gasteiger partial charge in [0.05, 0.1) is 16.8 Å². The molecular formula is C19H22N4O2. The number of ether oxygens (including phenoxy) is 1. The van der Waals surface area contributed by atoms with Gasteiger partial charge < -0.3 is 16.2 Å². The van der Waals surface area contributed by atoms with Gasteiger partial charge in [-0.2, -0.15) is 0 Å². The van der Waals surface area contributed by atoms with Crippen LogP contribution < -0.4 is 16.2 Å². The molecule has 25 heavy (non-hydrogen) atoms. The standard InChI is InChI=1S/C19H22N4O2/c1-11(20)17(19(21)24)18(22-2)13-6-8-15-12(10-13)7-9-16(23-15)25-14-4-3-5-14/h6-10,14H,3-5,20H2,1-2H3,(H2,21,24)/b17-11-,22-18-. The Balaban J connectivity index is 1.96. The molecule has 6 nitrogen and oxygen atoms in total. The minimum Gasteiger partial charge on any atom is -0.474 e. The summed E-state index contributed by atoms with van der Waals surface area (Å²) in [4.78, 5) is 20.5. The summed E-state index contributed by atoms with van der Waals surface area (Å²) in [5.41, 5.74) is 13.9. The van der Waals surface area contributed by atoms with Crippen molar-refractivity contribution in [2.75, 3.05) is 7.05 Å². The molecule has 1 aliphatic carbocycles. The van der Waals surface area contributed by atoms with Crippen LogP contribution in [0, 0.1) is 0 Å². The van der Waals surface area contributed by atoms with Crippen molar-refractivity contribution in [1.82, 2.24) is 4.98 Å². The highest BCUT2D eigenvalue weighted by Crippen LogP contribution is 2.26. The number of pyridine rings is 1. The Bertz CT molecular complexity index is 878. The monoisotopic (exact) mass is 338 g/mol. The van der Waals surface area contributed by atoms with Crippen molar-refractivity contribution in [3.63, 3.8) is 0 Å². The van der Waals surface area contributed by atoms with Crippen LogP contribution in [0.2, 0.25) is 0 Å². The van der Waals surface area contributed by atoms with Gasteiger partial charge in [0, 0.05) is 29.8 Å². The first kappa shape index (κ1) is 17.0. The van der Waals surface area contributed by atoms with Crippen molar-refractivity contribution < 1.29 is 9.53 Å². The highest BCUT2D eigenvalue weighted by molar-refractivity contribution is 6.28. The van der Waals surface area contributed by atoms with E-state index < -0.39 is 5.91 Å². The van der Waals surface area contributed by atoms with E-state index in [0.29, 0.717) is 23.4 Å². The zero-order chi connectivity index (χ0) is 18.0. The van der Waals surface area contributed by atoms with Gasteiger partial charge in [0.1, 0.15) is 6.10 Å². The van der Waals surface area contributed by atoms with Crippen LogP contribution in [-0.4, -0.2) is 29.8 Å². The molecule has 1 saturated carbocycles. The number of hydrogen-bond donors (Lipinski definition) is 2. The van der Waals surface area contributed by atoms with Crippen LogP contribution >= 0.6 is 0 Å². The lowest BCUT2D eigenvalue weighted by Gasteiger charge is -2.25. The van der Waals surface area contributed by atoms with Gasteiger partial charge in [-0.25, -0.2) is 4.98 Å². The maximum Gasteiger partial charge on any atom is 0.252 e. The summed E-state index contributed by atoms with van der Waals surface area (Å²) >= 11 is 0. The Kier molecular flexibility index (Phi) is 4.70. The van der Waals surface area contributed by atoms with E-state index >= 15 is 0 Å². The van der Waals surface area contributed by atoms with Crippen molar-refractivity contribution in [1.29, 1.82) is 0 Å². The van der Waals surface area contributed by atoms with Gasteiger partial charge in [0.15, 0.2) is 0 Å². The Morgan fingerprint density at radius 3 is 2.56 bits per heavy atom. The summed E-state index contributed by atoms with van der Waals surface area (Å²) in [6, 6.07) is 9.48. The molecule has 0 saturated heterocycles. The molecule has 1 aromatic carbocycles. The van der Waals surface area contributed by atoms with Crippen LogP contribution in [-0.2, 0) is 4.79 Å². The minimum atomic E-state index is -0.594. The molecule has 0 bridgehead atoms. The number of fused-ring (bicyclic) bond motifs is 1. The van der Waals surface area contributed by atoms with Gasteiger partial charge in [-0.3, -0.25) is 9.79 Å². The highest BCUT2D eigenvalue weighted by Gasteiger charge is 2.20. The first-order chi connectivity index (χ1) is 12.0. The third-order valence-electron chi connectivity index (χ3n) is 4.38. The Hall–Kier alpha value is -2.89. The number of nitrogens with two attached hydrogens (primary N) is 2. The van der Waals surface area contributed by atoms with Gasteiger partial charge in [0.2, 0.25) is 5.88 Å². The molecule has 0 unspecified atom stereocenters. The zero-order valence-corrected chi connectivity index (χ0v) is 14.5. The van der Waals surface area contributed by atoms with Crippen LogP contribution in [0.1, 0.15) is 31.7 Å². The predicted octanol–water partition coefficient (Wildman–Crippen LogP) is 2.30. The molecule has 1 aromatic heterocycles. The molecule has 1 fully saturated rings. The van der Waals surface area contributed by atoms with Crippen molar-refractivity contribution in [2.24, 2.45) is 16.5 Å². The fraction of sp³-hybridized carbons (Fsp3) is 0.316. The number of amides is 1. The number of primary amides is 1. The van der Waals surface area contributed by atoms with E-state index in [9.17, 15) is 4.79 Å². The van der Waals surface area contributed by atoms with Gasteiger partial charge in [0.25, 0.3) is 5.91 Å². The van der Waals surface area contributed by atoms with Gasteiger partial charge in [-0.15, -0.1) is 0 Å². The average Bonchev–Trinajstić information content (AvgIpc) is 2.54. The maximum absolute atomic E-state index is 11.7. The molecule has 4 N–H and O–H groups in total. The van der Waals surface area contributed by atoms with E-state index in [1.807, 2.05) is 30.3 Å². The number of benzene rings is 1. The number of nitrogens with zero attached hydrogens (tertiary/aromatic N) is 2. The van der Waals surface area contributed by atoms with Crippen LogP contribution in [0.5, 0.6) is 5.88 Å². The number of allylic oxidation sites excluding steroid dienone is 1. The molecule has 0 aliphatic heterocycles. The fourth-order valence-electron chi connectivity index (χ4n) is 2.86. The third kappa shape index (κ3) is 3.47. The summed E-state index contributed by atoms with van der Waals surface area (Å²) in [6.45, 7) is 1.64. The molecule has 3 rings (SSSR count). The van der Waals surface area contributed by atoms with E-state index in [1.54, 1.807) is 14.0 Å². The van der Waals surface area contributed by atoms with E-state index in [2.05, 4.69) is 9.98 Å². The Morgan fingerprint density at radius 2 is 2.00 bits per heavy atom. The average molecular weight is 338 g/mol. The summed E-state index contributed by atoms with van der Waals surface area (Å²) in [6.07, 6.45) is 3.70. The molecule has 130 valence electrons. The second-order valence-corrected chi connectivity index (χ2v) is 6.22. The van der Waals surface area contributed by atoms with E-state index in [4.69, 9.17) is 16.2 Å². The Labute approximate surface area is 146 Å². The lowest BCUT2D eigenvalue weighted by molar-refractivity contribution is -0.114. The lowest BCUT2D eigenvalue weighted by atomic mass is 9.96. The third-order valence-corrected chi connectivity index (χ3v) is 4.38. The van der Waals surface area contributed by atoms with Crippen molar-refractivity contribution in [3.05, 3.63) is 47.2 Å². The largest absolute Gasteiger partial charge is 0.474 e. The fourth-order valence-corrected chi connectivity index (χ4v) is 2.86. The molecule has 1 aliphatic rings. The number of aromatic nitrogens is 1. The lowest BCUT2D eigenvalue weighted by Crippen LogP contribution is -2.25. The van der Waals surface area contributed by atoms with Crippen molar-refractivity contribution >= 4 is 22.5 Å². The number of carbonyl (C=O) groups excluding carboxylic acids is 1. The second kappa shape index (κ2) is 6.93. The molecule has 0 spiro atoms. The highest BCUT2D eigenvalue weighted by atomic mass is 16.5. The summed E-state index contributed by atoms with van der Waals surface area (Å²) in [7, 11) is 1.61. The predicted molar refractivity (Wildman–Crippen MR) is 98.6 cm³/mol. The van der Waals surface area contributed by atoms with Crippen LogP contribution in [0.3, 0.4) is 0 Å². The van der Waals surface area contributed by atoms with E-state index in [0.717, 1.165) is 29.3 Å². The Morgan fingerprint density at radius 1 is 1.24 bits per heavy atom. The summed E-state index contributed by atoms with van der Waals surface area (Å²) < 4.78 is 5.84. The summed E-state index contributed by atoms with van der Waals surface area (Å²) in [5, 5.41) is 0.929. The van der Waals surface area contributed by atoms with Crippen molar-refractivity contribution in [2.45, 2.75) is 32.3 Å². The van der Waals surface area contributed by atoms with E-state index in [1.165, 1.54) is 6.42 Å².